The van der Waals surface area contributed by atoms with Crippen molar-refractivity contribution >= 4 is 26.4 Å². The molecule has 0 unspecified atom stereocenters. The standard InChI is InChI=1S/C21H22F2N2O3S/c1-28-15-6-7-18-16(12-15)17(13-24-18)14-8-10-25(11-9-14)19-4-2-3-5-20(19)29(26,27)21(22)23/h2-7,12-14,21,24H,8-11H2,1H3. The molecule has 0 radical (unpaired) electrons. The third kappa shape index (κ3) is 3.57. The number of alkyl halides is 2. The first-order chi connectivity index (χ1) is 13.9. The molecule has 1 aromatic heterocycles. The van der Waals surface area contributed by atoms with E-state index in [1.807, 2.05) is 29.3 Å². The van der Waals surface area contributed by atoms with Gasteiger partial charge in [0, 0.05) is 30.2 Å². The summed E-state index contributed by atoms with van der Waals surface area (Å²) in [6, 6.07) is 11.9. The predicted octanol–water partition coefficient (Wildman–Crippen LogP) is 4.56. The van der Waals surface area contributed by atoms with Crippen LogP contribution in [0.15, 0.2) is 53.6 Å². The number of piperidine rings is 1. The van der Waals surface area contributed by atoms with Crippen LogP contribution in [0.1, 0.15) is 24.3 Å². The zero-order valence-corrected chi connectivity index (χ0v) is 16.8. The highest BCUT2D eigenvalue weighted by Gasteiger charge is 2.32. The second kappa shape index (κ2) is 7.67. The molecule has 8 heteroatoms. The smallest absolute Gasteiger partial charge is 0.341 e. The Kier molecular flexibility index (Phi) is 5.21. The van der Waals surface area contributed by atoms with Crippen LogP contribution < -0.4 is 9.64 Å². The van der Waals surface area contributed by atoms with E-state index in [1.54, 1.807) is 19.2 Å². The molecule has 0 amide bonds. The molecule has 154 valence electrons. The summed E-state index contributed by atoms with van der Waals surface area (Å²) in [7, 11) is -3.01. The molecule has 1 saturated heterocycles. The van der Waals surface area contributed by atoms with Crippen molar-refractivity contribution in [1.29, 1.82) is 0 Å². The molecule has 0 saturated carbocycles. The summed E-state index contributed by atoms with van der Waals surface area (Å²) in [4.78, 5) is 4.88. The van der Waals surface area contributed by atoms with Gasteiger partial charge in [0.25, 0.3) is 0 Å². The second-order valence-corrected chi connectivity index (χ2v) is 9.08. The molecule has 3 aromatic rings. The minimum Gasteiger partial charge on any atom is -0.497 e. The van der Waals surface area contributed by atoms with E-state index >= 15 is 0 Å². The molecule has 1 aliphatic heterocycles. The summed E-state index contributed by atoms with van der Waals surface area (Å²) < 4.78 is 55.6. The Hall–Kier alpha value is -2.61. The Morgan fingerprint density at radius 1 is 1.14 bits per heavy atom. The number of para-hydroxylation sites is 1. The zero-order chi connectivity index (χ0) is 20.6. The van der Waals surface area contributed by atoms with E-state index in [9.17, 15) is 17.2 Å². The highest BCUT2D eigenvalue weighted by atomic mass is 32.2. The van der Waals surface area contributed by atoms with Crippen LogP contribution >= 0.6 is 0 Å². The number of sulfone groups is 1. The van der Waals surface area contributed by atoms with Gasteiger partial charge in [-0.25, -0.2) is 8.42 Å². The maximum absolute atomic E-state index is 13.1. The van der Waals surface area contributed by atoms with Crippen LogP contribution in [0.5, 0.6) is 5.75 Å². The lowest BCUT2D eigenvalue weighted by Gasteiger charge is -2.34. The maximum Gasteiger partial charge on any atom is 0.341 e. The number of methoxy groups -OCH3 is 1. The lowest BCUT2D eigenvalue weighted by atomic mass is 9.89. The third-order valence-electron chi connectivity index (χ3n) is 5.60. The third-order valence-corrected chi connectivity index (χ3v) is 7.03. The number of hydrogen-bond donors (Lipinski definition) is 1. The number of hydrogen-bond acceptors (Lipinski definition) is 4. The number of aromatic amines is 1. The summed E-state index contributed by atoms with van der Waals surface area (Å²) in [6.45, 7) is 1.19. The van der Waals surface area contributed by atoms with Gasteiger partial charge in [-0.05, 0) is 54.7 Å². The summed E-state index contributed by atoms with van der Waals surface area (Å²) in [5, 5.41) is 1.11. The Labute approximate surface area is 168 Å². The number of rotatable bonds is 5. The van der Waals surface area contributed by atoms with Gasteiger partial charge in [-0.3, -0.25) is 0 Å². The Morgan fingerprint density at radius 2 is 1.86 bits per heavy atom. The SMILES string of the molecule is COc1ccc2[nH]cc(C3CCN(c4ccccc4S(=O)(=O)C(F)F)CC3)c2c1. The van der Waals surface area contributed by atoms with Crippen LogP contribution in [0.4, 0.5) is 14.5 Å². The lowest BCUT2D eigenvalue weighted by molar-refractivity contribution is 0.234. The summed E-state index contributed by atoms with van der Waals surface area (Å²) in [6.07, 6.45) is 3.61. The van der Waals surface area contributed by atoms with Crippen LogP contribution in [0, 0.1) is 0 Å². The fraction of sp³-hybridized carbons (Fsp3) is 0.333. The molecule has 1 aliphatic rings. The van der Waals surface area contributed by atoms with Gasteiger partial charge in [0.05, 0.1) is 17.7 Å². The molecule has 5 nitrogen and oxygen atoms in total. The fourth-order valence-corrected chi connectivity index (χ4v) is 5.02. The van der Waals surface area contributed by atoms with Crippen molar-refractivity contribution < 1.29 is 21.9 Å². The van der Waals surface area contributed by atoms with Crippen LogP contribution in [-0.2, 0) is 9.84 Å². The Bertz CT molecular complexity index is 1120. The monoisotopic (exact) mass is 420 g/mol. The minimum atomic E-state index is -4.64. The first-order valence-corrected chi connectivity index (χ1v) is 11.0. The lowest BCUT2D eigenvalue weighted by Crippen LogP contribution is -2.34. The molecule has 2 aromatic carbocycles. The average Bonchev–Trinajstić information content (AvgIpc) is 3.17. The number of H-pyrrole nitrogens is 1. The van der Waals surface area contributed by atoms with Crippen LogP contribution in [0.2, 0.25) is 0 Å². The van der Waals surface area contributed by atoms with Crippen molar-refractivity contribution in [3.05, 3.63) is 54.2 Å². The van der Waals surface area contributed by atoms with Gasteiger partial charge >= 0.3 is 5.76 Å². The van der Waals surface area contributed by atoms with Crippen molar-refractivity contribution in [2.45, 2.75) is 29.4 Å². The van der Waals surface area contributed by atoms with Gasteiger partial charge in [0.15, 0.2) is 0 Å². The number of ether oxygens (including phenoxy) is 1. The number of aromatic nitrogens is 1. The van der Waals surface area contributed by atoms with E-state index < -0.39 is 15.6 Å². The highest BCUT2D eigenvalue weighted by Crippen LogP contribution is 2.37. The van der Waals surface area contributed by atoms with Crippen molar-refractivity contribution in [3.63, 3.8) is 0 Å². The van der Waals surface area contributed by atoms with Crippen LogP contribution in [0.25, 0.3) is 10.9 Å². The summed E-state index contributed by atoms with van der Waals surface area (Å²) in [5.41, 5.74) is 2.59. The number of fused-ring (bicyclic) bond motifs is 1. The zero-order valence-electron chi connectivity index (χ0n) is 15.9. The molecule has 1 fully saturated rings. The predicted molar refractivity (Wildman–Crippen MR) is 109 cm³/mol. The Balaban J connectivity index is 1.57. The topological polar surface area (TPSA) is 62.4 Å². The first-order valence-electron chi connectivity index (χ1n) is 9.43. The molecule has 1 N–H and O–H groups in total. The molecular formula is C21H22F2N2O3S. The number of nitrogens with zero attached hydrogens (tertiary/aromatic N) is 1. The molecule has 0 atom stereocenters. The van der Waals surface area contributed by atoms with Crippen LogP contribution in [-0.4, -0.2) is 39.4 Å². The quantitative estimate of drug-likeness (QED) is 0.658. The molecule has 0 spiro atoms. The van der Waals surface area contributed by atoms with E-state index in [1.165, 1.54) is 17.7 Å². The van der Waals surface area contributed by atoms with E-state index in [4.69, 9.17) is 4.74 Å². The molecule has 2 heterocycles. The number of halogens is 2. The molecule has 0 aliphatic carbocycles. The second-order valence-electron chi connectivity index (χ2n) is 7.19. The van der Waals surface area contributed by atoms with Gasteiger partial charge in [0.2, 0.25) is 9.84 Å². The summed E-state index contributed by atoms with van der Waals surface area (Å²) >= 11 is 0. The number of anilines is 1. The van der Waals surface area contributed by atoms with E-state index in [0.29, 0.717) is 24.7 Å². The van der Waals surface area contributed by atoms with E-state index in [2.05, 4.69) is 4.98 Å². The number of benzene rings is 2. The maximum atomic E-state index is 13.1. The molecular weight excluding hydrogens is 398 g/mol. The number of nitrogens with one attached hydrogen (secondary N) is 1. The Morgan fingerprint density at radius 3 is 2.55 bits per heavy atom. The average molecular weight is 420 g/mol. The minimum absolute atomic E-state index is 0.297. The van der Waals surface area contributed by atoms with Gasteiger partial charge < -0.3 is 14.6 Å². The molecule has 4 rings (SSSR count). The highest BCUT2D eigenvalue weighted by molar-refractivity contribution is 7.91. The van der Waals surface area contributed by atoms with E-state index in [0.717, 1.165) is 29.5 Å². The van der Waals surface area contributed by atoms with Gasteiger partial charge in [-0.2, -0.15) is 8.78 Å². The van der Waals surface area contributed by atoms with Crippen molar-refractivity contribution in [1.82, 2.24) is 4.98 Å². The fourth-order valence-electron chi connectivity index (χ4n) is 4.07. The van der Waals surface area contributed by atoms with Gasteiger partial charge in [-0.1, -0.05) is 12.1 Å². The van der Waals surface area contributed by atoms with Crippen molar-refractivity contribution in [2.24, 2.45) is 0 Å². The largest absolute Gasteiger partial charge is 0.497 e. The van der Waals surface area contributed by atoms with Crippen LogP contribution in [0.3, 0.4) is 0 Å². The van der Waals surface area contributed by atoms with Gasteiger partial charge in [0.1, 0.15) is 5.75 Å². The first kappa shape index (κ1) is 19.7. The normalized spacial score (nSPS) is 15.9. The van der Waals surface area contributed by atoms with Crippen molar-refractivity contribution in [2.75, 3.05) is 25.1 Å². The van der Waals surface area contributed by atoms with Gasteiger partial charge in [-0.15, -0.1) is 0 Å². The summed E-state index contributed by atoms with van der Waals surface area (Å²) in [5.74, 6) is -2.34. The van der Waals surface area contributed by atoms with E-state index in [-0.39, 0.29) is 4.90 Å². The molecule has 29 heavy (non-hydrogen) atoms. The van der Waals surface area contributed by atoms with Crippen molar-refractivity contribution in [3.8, 4) is 5.75 Å². The molecule has 0 bridgehead atoms.